The van der Waals surface area contributed by atoms with Crippen molar-refractivity contribution in [3.8, 4) is 0 Å². The van der Waals surface area contributed by atoms with Crippen LogP contribution in [-0.2, 0) is 44.3 Å². The Balaban J connectivity index is 2.76. The predicted molar refractivity (Wildman–Crippen MR) is 276 cm³/mol. The van der Waals surface area contributed by atoms with Crippen LogP contribution in [0, 0.1) is 0 Å². The van der Waals surface area contributed by atoms with Gasteiger partial charge < -0.3 is 44.3 Å². The van der Waals surface area contributed by atoms with Crippen LogP contribution in [0.25, 0.3) is 0 Å². The molecule has 20 heteroatoms. The Morgan fingerprint density at radius 1 is 0.517 bits per heavy atom. The van der Waals surface area contributed by atoms with Gasteiger partial charge in [0.1, 0.15) is 4.85 Å². The topological polar surface area (TPSA) is 92.3 Å². The Kier molecular flexibility index (Phi) is 20.1. The van der Waals surface area contributed by atoms with Crippen molar-refractivity contribution >= 4 is 84.6 Å². The van der Waals surface area contributed by atoms with Crippen LogP contribution in [0.15, 0.2) is 11.3 Å². The molecule has 0 aliphatic carbocycles. The second-order valence-corrected chi connectivity index (χ2v) is 63.4. The molecule has 0 bridgehead atoms. The van der Waals surface area contributed by atoms with Gasteiger partial charge in [0.25, 0.3) is 25.0 Å². The standard InChI is InChI=1S/C40H94O10Si10/c1-21-31-51-50-40(59(33-26-23-29-42-59)38(46-54(9,10)11)47-55(12,13)14,60(34-27-24-30-43-60)39(48-56(15,16)17)49-57(18,19)20)36(2)35-58(32-25-22-28-41-58)37(44-52(3,4)5)45-53(6,7)8/h35,37-39H,21-34,51H2,1-20H3/b36-35+. The lowest BCUT2D eigenvalue weighted by Gasteiger charge is -2.63. The van der Waals surface area contributed by atoms with E-state index in [1.54, 1.807) is 0 Å². The van der Waals surface area contributed by atoms with Gasteiger partial charge in [0, 0.05) is 19.8 Å². The van der Waals surface area contributed by atoms with Crippen LogP contribution in [0.4, 0.5) is 0 Å². The zero-order valence-corrected chi connectivity index (χ0v) is 52.9. The Hall–Kier alpha value is 1.51. The highest BCUT2D eigenvalue weighted by molar-refractivity contribution is 7.00. The van der Waals surface area contributed by atoms with E-state index in [1.807, 2.05) is 0 Å². The summed E-state index contributed by atoms with van der Waals surface area (Å²) in [4.78, 5) is -0.958. The Labute approximate surface area is 381 Å². The van der Waals surface area contributed by atoms with E-state index in [0.717, 1.165) is 69.1 Å². The fourth-order valence-electron chi connectivity index (χ4n) is 8.90. The lowest BCUT2D eigenvalue weighted by molar-refractivity contribution is -0.00867. The highest BCUT2D eigenvalue weighted by atomic mass is 28.4. The quantitative estimate of drug-likeness (QED) is 0.0560. The maximum absolute atomic E-state index is 8.29. The van der Waals surface area contributed by atoms with Crippen molar-refractivity contribution in [3.05, 3.63) is 11.3 Å². The fraction of sp³-hybridized carbons (Fsp3) is 0.950. The van der Waals surface area contributed by atoms with Gasteiger partial charge in [-0.15, -0.1) is 0 Å². The zero-order chi connectivity index (χ0) is 45.7. The van der Waals surface area contributed by atoms with Crippen molar-refractivity contribution in [3.63, 3.8) is 0 Å². The molecule has 0 aromatic carbocycles. The maximum atomic E-state index is 8.29. The summed E-state index contributed by atoms with van der Waals surface area (Å²) >= 11 is 0. The molecular weight excluding hydrogens is 921 g/mol. The van der Waals surface area contributed by atoms with Crippen LogP contribution in [0.5, 0.6) is 0 Å². The molecule has 60 heavy (non-hydrogen) atoms. The highest BCUT2D eigenvalue weighted by Crippen LogP contribution is 2.54. The predicted octanol–water partition coefficient (Wildman–Crippen LogP) is 11.2. The summed E-state index contributed by atoms with van der Waals surface area (Å²) < 4.78 is 76.2. The van der Waals surface area contributed by atoms with Crippen molar-refractivity contribution in [1.82, 2.24) is 0 Å². The van der Waals surface area contributed by atoms with Crippen molar-refractivity contribution in [2.24, 2.45) is 0 Å². The summed E-state index contributed by atoms with van der Waals surface area (Å²) in [5, 5.41) is 0. The molecule has 3 saturated heterocycles. The van der Waals surface area contributed by atoms with E-state index in [4.69, 9.17) is 44.3 Å². The van der Waals surface area contributed by atoms with Gasteiger partial charge in [0.05, 0.1) is 0 Å². The third-order valence-corrected chi connectivity index (χ3v) is 35.5. The molecule has 0 radical (unpaired) electrons. The van der Waals surface area contributed by atoms with E-state index >= 15 is 0 Å². The largest absolute Gasteiger partial charge is 0.414 e. The van der Waals surface area contributed by atoms with Gasteiger partial charge in [-0.3, -0.25) is 0 Å². The molecule has 0 aromatic rings. The first-order valence-electron chi connectivity index (χ1n) is 23.6. The van der Waals surface area contributed by atoms with Gasteiger partial charge in [0.2, 0.25) is 0 Å². The minimum Gasteiger partial charge on any atom is -0.414 e. The SMILES string of the molecule is CCC[SiH2]OC(/C(C)=C/[Si]1(C(O[Si](C)(C)C)O[Si](C)(C)C)CCCCO1)([Si]1(C(O[Si](C)(C)C)O[Si](C)(C)C)CCCCO1)[Si]1(C(O[Si](C)(C)C)O[Si](C)(C)C)CCCCO1. The average Bonchev–Trinajstić information content (AvgIpc) is 3.06. The van der Waals surface area contributed by atoms with Gasteiger partial charge in [-0.2, -0.15) is 0 Å². The lowest BCUT2D eigenvalue weighted by atomic mass is 10.3. The maximum Gasteiger partial charge on any atom is 0.284 e. The average molecular weight is 1020 g/mol. The molecule has 3 unspecified atom stereocenters. The Morgan fingerprint density at radius 3 is 1.13 bits per heavy atom. The molecule has 3 aliphatic heterocycles. The molecule has 3 rings (SSSR count). The molecule has 3 heterocycles. The van der Waals surface area contributed by atoms with E-state index in [9.17, 15) is 0 Å². The summed E-state index contributed by atoms with van der Waals surface area (Å²) in [5.41, 5.74) is 3.76. The molecule has 3 atom stereocenters. The van der Waals surface area contributed by atoms with Crippen LogP contribution in [0.1, 0.15) is 58.8 Å². The molecule has 0 amide bonds. The second kappa shape index (κ2) is 21.6. The summed E-state index contributed by atoms with van der Waals surface area (Å²) in [6, 6.07) is 3.70. The van der Waals surface area contributed by atoms with Gasteiger partial charge in [-0.05, 0) is 174 Å². The molecule has 0 spiro atoms. The van der Waals surface area contributed by atoms with Crippen LogP contribution in [0.3, 0.4) is 0 Å². The van der Waals surface area contributed by atoms with Crippen molar-refractivity contribution in [2.45, 2.75) is 223 Å². The van der Waals surface area contributed by atoms with Crippen LogP contribution < -0.4 is 0 Å². The minimum atomic E-state index is -3.46. The van der Waals surface area contributed by atoms with Gasteiger partial charge in [-0.25, -0.2) is 0 Å². The van der Waals surface area contributed by atoms with Gasteiger partial charge in [-0.1, -0.05) is 38.3 Å². The van der Waals surface area contributed by atoms with Crippen molar-refractivity contribution < 1.29 is 44.3 Å². The monoisotopic (exact) mass is 1010 g/mol. The summed E-state index contributed by atoms with van der Waals surface area (Å²) in [6.07, 6.45) is 7.23. The molecular formula is C40H94O10Si10. The van der Waals surface area contributed by atoms with Gasteiger partial charge >= 0.3 is 0 Å². The summed E-state index contributed by atoms with van der Waals surface area (Å²) in [6.45, 7) is 48.0. The van der Waals surface area contributed by atoms with Crippen molar-refractivity contribution in [1.29, 1.82) is 0 Å². The fourth-order valence-corrected chi connectivity index (χ4v) is 42.9. The number of hydrogen-bond acceptors (Lipinski definition) is 10. The molecule has 354 valence electrons. The third kappa shape index (κ3) is 15.5. The van der Waals surface area contributed by atoms with E-state index in [2.05, 4.69) is 137 Å². The second-order valence-electron chi connectivity index (χ2n) is 23.7. The molecule has 0 saturated carbocycles. The molecule has 0 N–H and O–H groups in total. The molecule has 0 aromatic heterocycles. The first kappa shape index (κ1) is 55.8. The van der Waals surface area contributed by atoms with Crippen LogP contribution in [-0.4, -0.2) is 127 Å². The Morgan fingerprint density at radius 2 is 0.850 bits per heavy atom. The van der Waals surface area contributed by atoms with Gasteiger partial charge in [0.15, 0.2) is 77.4 Å². The first-order valence-corrected chi connectivity index (χ1v) is 52.3. The zero-order valence-electron chi connectivity index (χ0n) is 42.5. The number of hydrogen-bond donors (Lipinski definition) is 0. The minimum absolute atomic E-state index is 0.425. The highest BCUT2D eigenvalue weighted by Gasteiger charge is 2.78. The molecule has 3 aliphatic rings. The summed E-state index contributed by atoms with van der Waals surface area (Å²) in [5.74, 6) is -1.51. The summed E-state index contributed by atoms with van der Waals surface area (Å²) in [7, 11) is -24.3. The molecule has 10 nitrogen and oxygen atoms in total. The number of rotatable bonds is 23. The van der Waals surface area contributed by atoms with Crippen molar-refractivity contribution in [2.75, 3.05) is 19.8 Å². The van der Waals surface area contributed by atoms with E-state index in [-0.39, 0.29) is 0 Å². The normalized spacial score (nSPS) is 27.4. The van der Waals surface area contributed by atoms with Crippen LogP contribution >= 0.6 is 0 Å². The third-order valence-electron chi connectivity index (χ3n) is 10.9. The Bertz CT molecular complexity index is 1240. The van der Waals surface area contributed by atoms with E-state index in [0.29, 0.717) is 19.8 Å². The first-order chi connectivity index (χ1) is 27.2. The van der Waals surface area contributed by atoms with Crippen LogP contribution in [0.2, 0.25) is 142 Å². The lowest BCUT2D eigenvalue weighted by Crippen LogP contribution is -2.87. The molecule has 3 fully saturated rings. The van der Waals surface area contributed by atoms with E-state index < -0.39 is 107 Å². The smallest absolute Gasteiger partial charge is 0.284 e. The van der Waals surface area contributed by atoms with E-state index in [1.165, 1.54) is 5.57 Å².